The van der Waals surface area contributed by atoms with Crippen LogP contribution < -0.4 is 0 Å². The molecule has 0 fully saturated rings. The molecule has 0 aliphatic heterocycles. The lowest BCUT2D eigenvalue weighted by atomic mass is 10.1. The van der Waals surface area contributed by atoms with Gasteiger partial charge in [0.15, 0.2) is 0 Å². The van der Waals surface area contributed by atoms with Gasteiger partial charge in [0.25, 0.3) is 0 Å². The number of nitrogens with zero attached hydrogens (tertiary/aromatic N) is 2. The zero-order valence-corrected chi connectivity index (χ0v) is 11.9. The van der Waals surface area contributed by atoms with Gasteiger partial charge in [-0.3, -0.25) is 0 Å². The molecule has 3 aromatic rings. The van der Waals surface area contributed by atoms with Gasteiger partial charge in [0.1, 0.15) is 10.9 Å². The van der Waals surface area contributed by atoms with Crippen LogP contribution in [0.4, 0.5) is 0 Å². The van der Waals surface area contributed by atoms with Crippen LogP contribution in [0.2, 0.25) is 0 Å². The van der Waals surface area contributed by atoms with Crippen LogP contribution in [0, 0.1) is 11.3 Å². The Bertz CT molecular complexity index is 729. The van der Waals surface area contributed by atoms with Crippen molar-refractivity contribution in [3.63, 3.8) is 0 Å². The van der Waals surface area contributed by atoms with E-state index in [0.29, 0.717) is 5.56 Å². The van der Waals surface area contributed by atoms with Crippen LogP contribution in [0.3, 0.4) is 0 Å². The lowest BCUT2D eigenvalue weighted by Crippen LogP contribution is -1.75. The Kier molecular flexibility index (Phi) is 4.83. The molecule has 0 bridgehead atoms. The van der Waals surface area contributed by atoms with Crippen LogP contribution in [-0.2, 0) is 0 Å². The van der Waals surface area contributed by atoms with E-state index in [1.54, 1.807) is 24.5 Å². The number of hydrogen-bond donors (Lipinski definition) is 1. The van der Waals surface area contributed by atoms with Crippen molar-refractivity contribution in [3.05, 3.63) is 54.2 Å². The summed E-state index contributed by atoms with van der Waals surface area (Å²) in [4.78, 5) is 6.45. The van der Waals surface area contributed by atoms with E-state index in [1.165, 1.54) is 10.4 Å². The molecule has 1 N–H and O–H groups in total. The third-order valence-electron chi connectivity index (χ3n) is 2.56. The second-order valence-corrected chi connectivity index (χ2v) is 5.05. The van der Waals surface area contributed by atoms with Crippen molar-refractivity contribution in [3.8, 4) is 16.5 Å². The number of fused-ring (bicyclic) bond motifs is 1. The second-order valence-electron chi connectivity index (χ2n) is 4.02. The summed E-state index contributed by atoms with van der Waals surface area (Å²) in [5.74, 6) is 0. The van der Waals surface area contributed by atoms with E-state index in [9.17, 15) is 0 Å². The van der Waals surface area contributed by atoms with Crippen molar-refractivity contribution in [2.24, 2.45) is 0 Å². The van der Waals surface area contributed by atoms with Crippen LogP contribution >= 0.6 is 11.3 Å². The van der Waals surface area contributed by atoms with Gasteiger partial charge in [-0.05, 0) is 24.6 Å². The molecule has 0 radical (unpaired) electrons. The van der Waals surface area contributed by atoms with Crippen LogP contribution in [-0.4, -0.2) is 16.7 Å². The summed E-state index contributed by atoms with van der Waals surface area (Å²) >= 11 is 1.65. The molecule has 4 heteroatoms. The van der Waals surface area contributed by atoms with E-state index in [-0.39, 0.29) is 6.61 Å². The minimum atomic E-state index is 0.250. The average Bonchev–Trinajstić information content (AvgIpc) is 2.92. The first-order valence-corrected chi connectivity index (χ1v) is 7.06. The molecular weight excluding hydrogens is 268 g/mol. The molecule has 0 aliphatic carbocycles. The summed E-state index contributed by atoms with van der Waals surface area (Å²) < 4.78 is 0. The van der Waals surface area contributed by atoms with Gasteiger partial charge in [-0.15, -0.1) is 11.3 Å². The van der Waals surface area contributed by atoms with Crippen molar-refractivity contribution in [1.29, 1.82) is 5.26 Å². The molecule has 0 saturated heterocycles. The van der Waals surface area contributed by atoms with Gasteiger partial charge < -0.3 is 5.11 Å². The highest BCUT2D eigenvalue weighted by Crippen LogP contribution is 2.32. The molecule has 0 atom stereocenters. The average molecular weight is 282 g/mol. The van der Waals surface area contributed by atoms with Gasteiger partial charge >= 0.3 is 0 Å². The molecule has 2 heterocycles. The number of aliphatic hydroxyl groups excluding tert-OH is 1. The van der Waals surface area contributed by atoms with Crippen LogP contribution in [0.1, 0.15) is 12.5 Å². The van der Waals surface area contributed by atoms with Gasteiger partial charge in [-0.25, -0.2) is 4.98 Å². The van der Waals surface area contributed by atoms with E-state index in [4.69, 9.17) is 10.4 Å². The molecular formula is C16H14N2OS. The van der Waals surface area contributed by atoms with Crippen molar-refractivity contribution in [2.75, 3.05) is 6.61 Å². The molecule has 20 heavy (non-hydrogen) atoms. The fourth-order valence-corrected chi connectivity index (χ4v) is 2.73. The predicted molar refractivity (Wildman–Crippen MR) is 82.5 cm³/mol. The zero-order valence-electron chi connectivity index (χ0n) is 11.1. The van der Waals surface area contributed by atoms with Gasteiger partial charge in [0, 0.05) is 23.1 Å². The van der Waals surface area contributed by atoms with Gasteiger partial charge in [-0.2, -0.15) is 5.26 Å². The molecule has 3 nitrogen and oxygen atoms in total. The standard InChI is InChI=1S/C14H8N2S.C2H6O/c15-8-10-6-12-7-13(17-14(12)16-9-10)11-4-2-1-3-5-11;1-2-3/h1-7,9H;3H,2H2,1H3. The van der Waals surface area contributed by atoms with Crippen molar-refractivity contribution >= 4 is 21.6 Å². The summed E-state index contributed by atoms with van der Waals surface area (Å²) in [5.41, 5.74) is 1.80. The lowest BCUT2D eigenvalue weighted by molar-refractivity contribution is 0.318. The zero-order chi connectivity index (χ0) is 14.4. The largest absolute Gasteiger partial charge is 0.397 e. The normalized spacial score (nSPS) is 9.65. The Morgan fingerprint density at radius 2 is 1.95 bits per heavy atom. The fourth-order valence-electron chi connectivity index (χ4n) is 1.74. The molecule has 3 rings (SSSR count). The smallest absolute Gasteiger partial charge is 0.123 e. The lowest BCUT2D eigenvalue weighted by Gasteiger charge is -1.93. The van der Waals surface area contributed by atoms with E-state index in [1.807, 2.05) is 24.3 Å². The van der Waals surface area contributed by atoms with E-state index in [0.717, 1.165) is 10.2 Å². The van der Waals surface area contributed by atoms with Crippen LogP contribution in [0.25, 0.3) is 20.7 Å². The summed E-state index contributed by atoms with van der Waals surface area (Å²) in [6.07, 6.45) is 1.62. The first-order chi connectivity index (χ1) is 9.78. The van der Waals surface area contributed by atoms with E-state index < -0.39 is 0 Å². The molecule has 0 amide bonds. The highest BCUT2D eigenvalue weighted by molar-refractivity contribution is 7.21. The van der Waals surface area contributed by atoms with Crippen molar-refractivity contribution in [1.82, 2.24) is 4.98 Å². The quantitative estimate of drug-likeness (QED) is 0.738. The minimum Gasteiger partial charge on any atom is -0.397 e. The molecule has 100 valence electrons. The molecule has 0 aliphatic rings. The number of thiophene rings is 1. The number of nitriles is 1. The van der Waals surface area contributed by atoms with Crippen molar-refractivity contribution < 1.29 is 5.11 Å². The molecule has 0 saturated carbocycles. The minimum absolute atomic E-state index is 0.250. The first kappa shape index (κ1) is 14.2. The molecule has 0 unspecified atom stereocenters. The van der Waals surface area contributed by atoms with Gasteiger partial charge in [0.05, 0.1) is 5.56 Å². The maximum atomic E-state index is 8.83. The number of benzene rings is 1. The number of aromatic nitrogens is 1. The maximum Gasteiger partial charge on any atom is 0.123 e. The molecule has 1 aromatic carbocycles. The van der Waals surface area contributed by atoms with Gasteiger partial charge in [0.2, 0.25) is 0 Å². The Morgan fingerprint density at radius 1 is 1.25 bits per heavy atom. The summed E-state index contributed by atoms with van der Waals surface area (Å²) in [6, 6.07) is 16.3. The Balaban J connectivity index is 0.000000452. The summed E-state index contributed by atoms with van der Waals surface area (Å²) in [6.45, 7) is 1.93. The molecule has 2 aromatic heterocycles. The Labute approximate surface area is 121 Å². The second kappa shape index (κ2) is 6.80. The number of pyridine rings is 1. The SMILES string of the molecule is CCO.N#Cc1cnc2sc(-c3ccccc3)cc2c1. The third kappa shape index (κ3) is 3.21. The highest BCUT2D eigenvalue weighted by Gasteiger charge is 2.05. The topological polar surface area (TPSA) is 56.9 Å². The third-order valence-corrected chi connectivity index (χ3v) is 3.67. The summed E-state index contributed by atoms with van der Waals surface area (Å²) in [7, 11) is 0. The molecule has 0 spiro atoms. The van der Waals surface area contributed by atoms with Crippen molar-refractivity contribution in [2.45, 2.75) is 6.92 Å². The number of aliphatic hydroxyl groups is 1. The monoisotopic (exact) mass is 282 g/mol. The number of hydrogen-bond acceptors (Lipinski definition) is 4. The Morgan fingerprint density at radius 3 is 2.60 bits per heavy atom. The first-order valence-electron chi connectivity index (χ1n) is 6.24. The predicted octanol–water partition coefficient (Wildman–Crippen LogP) is 3.83. The highest BCUT2D eigenvalue weighted by atomic mass is 32.1. The number of rotatable bonds is 1. The van der Waals surface area contributed by atoms with Crippen LogP contribution in [0.5, 0.6) is 0 Å². The maximum absolute atomic E-state index is 8.83. The van der Waals surface area contributed by atoms with Gasteiger partial charge in [-0.1, -0.05) is 30.3 Å². The summed E-state index contributed by atoms with van der Waals surface area (Å²) in [5, 5.41) is 17.4. The van der Waals surface area contributed by atoms with E-state index in [2.05, 4.69) is 29.3 Å². The van der Waals surface area contributed by atoms with E-state index >= 15 is 0 Å². The van der Waals surface area contributed by atoms with Crippen LogP contribution in [0.15, 0.2) is 48.7 Å². The fraction of sp³-hybridized carbons (Fsp3) is 0.125. The Hall–Kier alpha value is -2.22.